The second-order valence-corrected chi connectivity index (χ2v) is 5.42. The molecule has 1 saturated carbocycles. The summed E-state index contributed by atoms with van der Waals surface area (Å²) in [4.78, 5) is 11.4. The van der Waals surface area contributed by atoms with Gasteiger partial charge < -0.3 is 5.11 Å². The lowest BCUT2D eigenvalue weighted by Crippen LogP contribution is -2.19. The summed E-state index contributed by atoms with van der Waals surface area (Å²) in [6.45, 7) is 0. The van der Waals surface area contributed by atoms with E-state index >= 15 is 0 Å². The lowest BCUT2D eigenvalue weighted by Gasteiger charge is -2.13. The van der Waals surface area contributed by atoms with Crippen molar-refractivity contribution in [2.75, 3.05) is 0 Å². The molecule has 1 fully saturated rings. The van der Waals surface area contributed by atoms with Crippen LogP contribution in [-0.2, 0) is 10.2 Å². The largest absolute Gasteiger partial charge is 0.481 e. The molecule has 2 aromatic carbocycles. The lowest BCUT2D eigenvalue weighted by molar-refractivity contribution is -0.140. The Morgan fingerprint density at radius 3 is 2.29 bits per heavy atom. The zero-order valence-corrected chi connectivity index (χ0v) is 10.7. The quantitative estimate of drug-likeness (QED) is 0.915. The Morgan fingerprint density at radius 1 is 1.18 bits per heavy atom. The summed E-state index contributed by atoms with van der Waals surface area (Å²) in [5.74, 6) is -0.714. The van der Waals surface area contributed by atoms with Crippen molar-refractivity contribution in [2.24, 2.45) is 0 Å². The SMILES string of the molecule is O=C(O)C1(c2cc3ccccc3cc2Br)CC1. The third-order valence-corrected chi connectivity index (χ3v) is 4.17. The van der Waals surface area contributed by atoms with Gasteiger partial charge in [-0.25, -0.2) is 0 Å². The molecule has 3 rings (SSSR count). The Morgan fingerprint density at radius 2 is 1.76 bits per heavy atom. The van der Waals surface area contributed by atoms with Crippen LogP contribution in [0.3, 0.4) is 0 Å². The zero-order chi connectivity index (χ0) is 12.0. The van der Waals surface area contributed by atoms with Crippen LogP contribution in [0.25, 0.3) is 10.8 Å². The van der Waals surface area contributed by atoms with Crippen LogP contribution in [0.2, 0.25) is 0 Å². The van der Waals surface area contributed by atoms with Gasteiger partial charge in [-0.15, -0.1) is 0 Å². The highest BCUT2D eigenvalue weighted by Gasteiger charge is 2.52. The van der Waals surface area contributed by atoms with Gasteiger partial charge in [-0.2, -0.15) is 0 Å². The van der Waals surface area contributed by atoms with E-state index < -0.39 is 11.4 Å². The summed E-state index contributed by atoms with van der Waals surface area (Å²) in [5.41, 5.74) is 0.256. The van der Waals surface area contributed by atoms with Gasteiger partial charge in [-0.1, -0.05) is 40.2 Å². The van der Waals surface area contributed by atoms with E-state index in [1.54, 1.807) is 0 Å². The highest BCUT2D eigenvalue weighted by molar-refractivity contribution is 9.10. The predicted molar refractivity (Wildman–Crippen MR) is 70.2 cm³/mol. The number of hydrogen-bond acceptors (Lipinski definition) is 1. The van der Waals surface area contributed by atoms with Crippen molar-refractivity contribution in [2.45, 2.75) is 18.3 Å². The lowest BCUT2D eigenvalue weighted by atomic mass is 9.94. The predicted octanol–water partition coefficient (Wildman–Crippen LogP) is 3.72. The average molecular weight is 291 g/mol. The van der Waals surface area contributed by atoms with E-state index in [4.69, 9.17) is 0 Å². The van der Waals surface area contributed by atoms with Gasteiger partial charge in [0.05, 0.1) is 5.41 Å². The van der Waals surface area contributed by atoms with Gasteiger partial charge in [0.2, 0.25) is 0 Å². The number of carboxylic acids is 1. The summed E-state index contributed by atoms with van der Waals surface area (Å²) in [6, 6.07) is 12.0. The minimum absolute atomic E-state index is 0.650. The van der Waals surface area contributed by atoms with Crippen LogP contribution in [0, 0.1) is 0 Å². The maximum Gasteiger partial charge on any atom is 0.314 e. The van der Waals surface area contributed by atoms with Crippen molar-refractivity contribution in [3.63, 3.8) is 0 Å². The second kappa shape index (κ2) is 3.57. The van der Waals surface area contributed by atoms with Crippen molar-refractivity contribution < 1.29 is 9.90 Å². The Kier molecular flexibility index (Phi) is 2.26. The molecule has 0 radical (unpaired) electrons. The van der Waals surface area contributed by atoms with Crippen LogP contribution in [0.1, 0.15) is 18.4 Å². The van der Waals surface area contributed by atoms with E-state index in [0.717, 1.165) is 33.7 Å². The van der Waals surface area contributed by atoms with Crippen LogP contribution in [0.5, 0.6) is 0 Å². The van der Waals surface area contributed by atoms with Gasteiger partial charge in [-0.05, 0) is 41.3 Å². The van der Waals surface area contributed by atoms with Crippen molar-refractivity contribution in [3.05, 3.63) is 46.4 Å². The van der Waals surface area contributed by atoms with Crippen molar-refractivity contribution >= 4 is 32.7 Å². The minimum atomic E-state index is -0.714. The summed E-state index contributed by atoms with van der Waals surface area (Å²) in [6.07, 6.45) is 1.47. The molecule has 0 amide bonds. The van der Waals surface area contributed by atoms with Crippen molar-refractivity contribution in [1.82, 2.24) is 0 Å². The first-order valence-corrected chi connectivity index (χ1v) is 6.35. The van der Waals surface area contributed by atoms with Gasteiger partial charge in [0.15, 0.2) is 0 Å². The minimum Gasteiger partial charge on any atom is -0.481 e. The molecule has 0 bridgehead atoms. The molecule has 0 heterocycles. The molecule has 1 aliphatic carbocycles. The summed E-state index contributed by atoms with van der Waals surface area (Å²) >= 11 is 3.50. The third kappa shape index (κ3) is 1.57. The van der Waals surface area contributed by atoms with E-state index in [-0.39, 0.29) is 0 Å². The average Bonchev–Trinajstić information content (AvgIpc) is 3.09. The molecular weight excluding hydrogens is 280 g/mol. The molecule has 2 nitrogen and oxygen atoms in total. The smallest absolute Gasteiger partial charge is 0.314 e. The summed E-state index contributed by atoms with van der Waals surface area (Å²) < 4.78 is 0.899. The highest BCUT2D eigenvalue weighted by atomic mass is 79.9. The Balaban J connectivity index is 2.24. The first-order chi connectivity index (χ1) is 8.13. The number of carboxylic acid groups (broad SMARTS) is 1. The first kappa shape index (κ1) is 10.8. The molecule has 1 aliphatic rings. The normalized spacial score (nSPS) is 17.0. The number of rotatable bonds is 2. The van der Waals surface area contributed by atoms with Crippen LogP contribution in [0.15, 0.2) is 40.9 Å². The summed E-state index contributed by atoms with van der Waals surface area (Å²) in [7, 11) is 0. The molecule has 0 spiro atoms. The maximum atomic E-state index is 11.4. The molecule has 1 N–H and O–H groups in total. The molecular formula is C14H11BrO2. The van der Waals surface area contributed by atoms with E-state index in [1.165, 1.54) is 0 Å². The Hall–Kier alpha value is -1.35. The van der Waals surface area contributed by atoms with Crippen molar-refractivity contribution in [3.8, 4) is 0 Å². The topological polar surface area (TPSA) is 37.3 Å². The number of benzene rings is 2. The van der Waals surface area contributed by atoms with Crippen LogP contribution < -0.4 is 0 Å². The van der Waals surface area contributed by atoms with E-state index in [2.05, 4.69) is 15.9 Å². The molecule has 86 valence electrons. The van der Waals surface area contributed by atoms with E-state index in [0.29, 0.717) is 0 Å². The Labute approximate surface area is 107 Å². The summed E-state index contributed by atoms with van der Waals surface area (Å²) in [5, 5.41) is 11.6. The molecule has 0 unspecified atom stereocenters. The van der Waals surface area contributed by atoms with Crippen LogP contribution >= 0.6 is 15.9 Å². The van der Waals surface area contributed by atoms with Gasteiger partial charge >= 0.3 is 5.97 Å². The third-order valence-electron chi connectivity index (χ3n) is 3.51. The van der Waals surface area contributed by atoms with Gasteiger partial charge in [0.1, 0.15) is 0 Å². The zero-order valence-electron chi connectivity index (χ0n) is 9.11. The van der Waals surface area contributed by atoms with Gasteiger partial charge in [0, 0.05) is 4.47 Å². The van der Waals surface area contributed by atoms with Gasteiger partial charge in [0.25, 0.3) is 0 Å². The second-order valence-electron chi connectivity index (χ2n) is 4.57. The Bertz CT molecular complexity index is 615. The number of hydrogen-bond donors (Lipinski definition) is 1. The molecule has 3 heteroatoms. The number of aliphatic carboxylic acids is 1. The molecule has 0 atom stereocenters. The molecule has 2 aromatic rings. The number of fused-ring (bicyclic) bond motifs is 1. The fourth-order valence-corrected chi connectivity index (χ4v) is 3.04. The molecule has 17 heavy (non-hydrogen) atoms. The van der Waals surface area contributed by atoms with Crippen LogP contribution in [0.4, 0.5) is 0 Å². The fourth-order valence-electron chi connectivity index (χ4n) is 2.30. The number of carbonyl (C=O) groups is 1. The highest BCUT2D eigenvalue weighted by Crippen LogP contribution is 2.51. The van der Waals surface area contributed by atoms with E-state index in [9.17, 15) is 9.90 Å². The van der Waals surface area contributed by atoms with Crippen LogP contribution in [-0.4, -0.2) is 11.1 Å². The fraction of sp³-hybridized carbons (Fsp3) is 0.214. The molecule has 0 aliphatic heterocycles. The maximum absolute atomic E-state index is 11.4. The van der Waals surface area contributed by atoms with E-state index in [1.807, 2.05) is 36.4 Å². The molecule has 0 aromatic heterocycles. The van der Waals surface area contributed by atoms with Crippen molar-refractivity contribution in [1.29, 1.82) is 0 Å². The standard InChI is InChI=1S/C14H11BrO2/c15-12-8-10-4-2-1-3-9(10)7-11(12)14(5-6-14)13(16)17/h1-4,7-8H,5-6H2,(H,16,17). The number of halogens is 1. The molecule has 0 saturated heterocycles. The first-order valence-electron chi connectivity index (χ1n) is 5.56. The van der Waals surface area contributed by atoms with Gasteiger partial charge in [-0.3, -0.25) is 4.79 Å². The monoisotopic (exact) mass is 290 g/mol.